The predicted molar refractivity (Wildman–Crippen MR) is 151 cm³/mol. The number of nitrogens with two attached hydrogens (primary N) is 1. The van der Waals surface area contributed by atoms with Crippen molar-refractivity contribution in [3.8, 4) is 0 Å². The maximum atomic E-state index is 12.6. The van der Waals surface area contributed by atoms with Crippen molar-refractivity contribution in [2.75, 3.05) is 68.6 Å². The fraction of sp³-hybridized carbons (Fsp3) is 0.556. The molecule has 2 aromatic rings. The highest BCUT2D eigenvalue weighted by Crippen LogP contribution is 2.28. The first-order valence-corrected chi connectivity index (χ1v) is 13.4. The van der Waals surface area contributed by atoms with E-state index >= 15 is 0 Å². The summed E-state index contributed by atoms with van der Waals surface area (Å²) in [5.41, 5.74) is 6.58. The van der Waals surface area contributed by atoms with E-state index in [1.165, 1.54) is 25.7 Å². The third kappa shape index (κ3) is 10.6. The smallest absolute Gasteiger partial charge is 0.251 e. The monoisotopic (exact) mass is 526 g/mol. The third-order valence-corrected chi connectivity index (χ3v) is 6.27. The van der Waals surface area contributed by atoms with Crippen LogP contribution < -0.4 is 27.0 Å². The van der Waals surface area contributed by atoms with E-state index in [-0.39, 0.29) is 5.91 Å². The lowest BCUT2D eigenvalue weighted by molar-refractivity contribution is 0.0511. The molecule has 0 spiro atoms. The first-order chi connectivity index (χ1) is 18.6. The van der Waals surface area contributed by atoms with Gasteiger partial charge in [-0.1, -0.05) is 31.9 Å². The zero-order valence-electron chi connectivity index (χ0n) is 22.4. The molecule has 0 bridgehead atoms. The van der Waals surface area contributed by atoms with E-state index in [1.807, 2.05) is 12.1 Å². The van der Waals surface area contributed by atoms with Crippen LogP contribution in [0, 0.1) is 11.8 Å². The Morgan fingerprint density at radius 3 is 2.47 bits per heavy atom. The van der Waals surface area contributed by atoms with Crippen LogP contribution in [0.4, 0.5) is 23.5 Å². The SMILES string of the molecule is C=CCNc1nc(NCC2CCC(C)CC2)nc(Nc2cccc(C(=O)NCCOCCOCCN)c2)n1. The molecule has 0 atom stereocenters. The van der Waals surface area contributed by atoms with Crippen molar-refractivity contribution in [3.05, 3.63) is 42.5 Å². The summed E-state index contributed by atoms with van der Waals surface area (Å²) < 4.78 is 10.7. The number of ether oxygens (including phenoxy) is 2. The summed E-state index contributed by atoms with van der Waals surface area (Å²) in [4.78, 5) is 26.1. The first-order valence-electron chi connectivity index (χ1n) is 13.4. The van der Waals surface area contributed by atoms with Crippen LogP contribution in [0.2, 0.25) is 0 Å². The van der Waals surface area contributed by atoms with E-state index < -0.39 is 0 Å². The van der Waals surface area contributed by atoms with Crippen LogP contribution in [0.15, 0.2) is 36.9 Å². The molecule has 0 radical (unpaired) electrons. The van der Waals surface area contributed by atoms with Crippen molar-refractivity contribution >= 4 is 29.4 Å². The zero-order chi connectivity index (χ0) is 27.0. The number of carbonyl (C=O) groups is 1. The molecule has 1 aromatic heterocycles. The van der Waals surface area contributed by atoms with Crippen LogP contribution in [0.25, 0.3) is 0 Å². The number of hydrogen-bond acceptors (Lipinski definition) is 10. The number of benzene rings is 1. The highest BCUT2D eigenvalue weighted by atomic mass is 16.5. The summed E-state index contributed by atoms with van der Waals surface area (Å²) in [7, 11) is 0. The van der Waals surface area contributed by atoms with Crippen LogP contribution in [-0.4, -0.2) is 73.5 Å². The van der Waals surface area contributed by atoms with Gasteiger partial charge in [0.2, 0.25) is 17.8 Å². The minimum Gasteiger partial charge on any atom is -0.378 e. The summed E-state index contributed by atoms with van der Waals surface area (Å²) in [5, 5.41) is 12.6. The van der Waals surface area contributed by atoms with E-state index in [0.717, 1.165) is 12.5 Å². The molecule has 1 amide bonds. The Morgan fingerprint density at radius 2 is 1.74 bits per heavy atom. The quantitative estimate of drug-likeness (QED) is 0.154. The maximum Gasteiger partial charge on any atom is 0.251 e. The molecular weight excluding hydrogens is 484 g/mol. The molecule has 3 rings (SSSR count). The van der Waals surface area contributed by atoms with E-state index in [2.05, 4.69) is 49.7 Å². The van der Waals surface area contributed by atoms with Gasteiger partial charge in [-0.2, -0.15) is 15.0 Å². The highest BCUT2D eigenvalue weighted by Gasteiger charge is 2.18. The average Bonchev–Trinajstić information content (AvgIpc) is 2.93. The number of nitrogens with zero attached hydrogens (tertiary/aromatic N) is 3. The highest BCUT2D eigenvalue weighted by molar-refractivity contribution is 5.95. The minimum atomic E-state index is -0.190. The van der Waals surface area contributed by atoms with Crippen LogP contribution >= 0.6 is 0 Å². The molecule has 6 N–H and O–H groups in total. The summed E-state index contributed by atoms with van der Waals surface area (Å²) >= 11 is 0. The summed E-state index contributed by atoms with van der Waals surface area (Å²) in [6.07, 6.45) is 6.72. The molecule has 0 saturated heterocycles. The largest absolute Gasteiger partial charge is 0.378 e. The van der Waals surface area contributed by atoms with Crippen molar-refractivity contribution < 1.29 is 14.3 Å². The number of hydrogen-bond donors (Lipinski definition) is 5. The molecule has 1 aliphatic rings. The molecule has 1 fully saturated rings. The van der Waals surface area contributed by atoms with Crippen LogP contribution in [0.5, 0.6) is 0 Å². The normalized spacial score (nSPS) is 17.0. The number of amides is 1. The lowest BCUT2D eigenvalue weighted by Crippen LogP contribution is -2.27. The molecule has 208 valence electrons. The second-order valence-corrected chi connectivity index (χ2v) is 9.46. The topological polar surface area (TPSA) is 148 Å². The zero-order valence-corrected chi connectivity index (χ0v) is 22.4. The van der Waals surface area contributed by atoms with Gasteiger partial charge in [0.05, 0.1) is 26.4 Å². The Kier molecular flexibility index (Phi) is 12.7. The van der Waals surface area contributed by atoms with Crippen molar-refractivity contribution in [3.63, 3.8) is 0 Å². The van der Waals surface area contributed by atoms with Gasteiger partial charge in [-0.15, -0.1) is 6.58 Å². The summed E-state index contributed by atoms with van der Waals surface area (Å²) in [6, 6.07) is 7.18. The molecule has 38 heavy (non-hydrogen) atoms. The van der Waals surface area contributed by atoms with E-state index in [1.54, 1.807) is 18.2 Å². The summed E-state index contributed by atoms with van der Waals surface area (Å²) in [5.74, 6) is 2.58. The Bertz CT molecular complexity index is 998. The van der Waals surface area contributed by atoms with E-state index in [9.17, 15) is 4.79 Å². The van der Waals surface area contributed by atoms with Gasteiger partial charge in [0, 0.05) is 37.4 Å². The molecule has 11 nitrogen and oxygen atoms in total. The molecule has 1 saturated carbocycles. The maximum absolute atomic E-state index is 12.6. The molecule has 0 unspecified atom stereocenters. The Balaban J connectivity index is 1.55. The molecule has 0 aliphatic heterocycles. The second-order valence-electron chi connectivity index (χ2n) is 9.46. The molecule has 1 aliphatic carbocycles. The van der Waals surface area contributed by atoms with Gasteiger partial charge in [0.1, 0.15) is 0 Å². The van der Waals surface area contributed by atoms with Crippen molar-refractivity contribution in [1.82, 2.24) is 20.3 Å². The van der Waals surface area contributed by atoms with Gasteiger partial charge in [-0.05, 0) is 42.9 Å². The lowest BCUT2D eigenvalue weighted by Gasteiger charge is -2.26. The lowest BCUT2D eigenvalue weighted by atomic mass is 9.83. The first kappa shape index (κ1) is 29.3. The van der Waals surface area contributed by atoms with E-state index in [4.69, 9.17) is 15.2 Å². The molecule has 11 heteroatoms. The van der Waals surface area contributed by atoms with Gasteiger partial charge in [-0.3, -0.25) is 4.79 Å². The Labute approximate surface area is 225 Å². The van der Waals surface area contributed by atoms with Crippen LogP contribution in [-0.2, 0) is 9.47 Å². The standard InChI is InChI=1S/C27H42N8O3/c1-3-12-30-25-33-26(31-19-21-9-7-20(2)8-10-21)35-27(34-25)32-23-6-4-5-22(18-23)24(36)29-13-15-38-17-16-37-14-11-28/h3-6,18,20-21H,1,7-17,19,28H2,2H3,(H,29,36)(H3,30,31,32,33,34,35). The van der Waals surface area contributed by atoms with Gasteiger partial charge < -0.3 is 36.5 Å². The Hall–Kier alpha value is -3.28. The molecule has 1 heterocycles. The van der Waals surface area contributed by atoms with Gasteiger partial charge >= 0.3 is 0 Å². The Morgan fingerprint density at radius 1 is 1.03 bits per heavy atom. The molecular formula is C27H42N8O3. The van der Waals surface area contributed by atoms with Gasteiger partial charge in [-0.25, -0.2) is 0 Å². The number of carbonyl (C=O) groups excluding carboxylic acids is 1. The van der Waals surface area contributed by atoms with Gasteiger partial charge in [0.15, 0.2) is 0 Å². The average molecular weight is 527 g/mol. The van der Waals surface area contributed by atoms with Gasteiger partial charge in [0.25, 0.3) is 5.91 Å². The van der Waals surface area contributed by atoms with Crippen molar-refractivity contribution in [2.24, 2.45) is 17.6 Å². The van der Waals surface area contributed by atoms with Crippen molar-refractivity contribution in [2.45, 2.75) is 32.6 Å². The summed E-state index contributed by atoms with van der Waals surface area (Å²) in [6.45, 7) is 10.2. The predicted octanol–water partition coefficient (Wildman–Crippen LogP) is 3.17. The fourth-order valence-electron chi connectivity index (χ4n) is 4.13. The second kappa shape index (κ2) is 16.5. The van der Waals surface area contributed by atoms with Crippen LogP contribution in [0.3, 0.4) is 0 Å². The number of rotatable bonds is 17. The third-order valence-electron chi connectivity index (χ3n) is 6.27. The van der Waals surface area contributed by atoms with Crippen molar-refractivity contribution in [1.29, 1.82) is 0 Å². The number of anilines is 4. The number of aromatic nitrogens is 3. The molecule has 1 aromatic carbocycles. The minimum absolute atomic E-state index is 0.190. The number of nitrogens with one attached hydrogen (secondary N) is 4. The fourth-order valence-corrected chi connectivity index (χ4v) is 4.13. The van der Waals surface area contributed by atoms with Crippen LogP contribution in [0.1, 0.15) is 43.0 Å². The van der Waals surface area contributed by atoms with E-state index in [0.29, 0.717) is 81.1 Å².